The predicted octanol–water partition coefficient (Wildman–Crippen LogP) is 4.05. The standard InChI is InChI=1S/C28H33N3O4S/c1-5-25(28(33)29-4)30(19-23-14-11-12-21(2)18-23)27(32)20-31(26-17-10-9-13-22(26)3)36(34,35)24-15-7-6-8-16-24/h6-18,25H,5,19-20H2,1-4H3,(H,29,33). The fourth-order valence-electron chi connectivity index (χ4n) is 4.17. The quantitative estimate of drug-likeness (QED) is 0.449. The summed E-state index contributed by atoms with van der Waals surface area (Å²) >= 11 is 0. The first-order valence-corrected chi connectivity index (χ1v) is 13.3. The lowest BCUT2D eigenvalue weighted by Crippen LogP contribution is -2.51. The monoisotopic (exact) mass is 507 g/mol. The Bertz CT molecular complexity index is 1310. The summed E-state index contributed by atoms with van der Waals surface area (Å²) in [5.41, 5.74) is 3.02. The van der Waals surface area contributed by atoms with Crippen molar-refractivity contribution in [2.45, 2.75) is 44.7 Å². The van der Waals surface area contributed by atoms with Crippen LogP contribution in [-0.2, 0) is 26.2 Å². The highest BCUT2D eigenvalue weighted by Gasteiger charge is 2.33. The van der Waals surface area contributed by atoms with Gasteiger partial charge in [-0.3, -0.25) is 13.9 Å². The number of hydrogen-bond acceptors (Lipinski definition) is 4. The summed E-state index contributed by atoms with van der Waals surface area (Å²) in [6, 6.07) is 22.0. The summed E-state index contributed by atoms with van der Waals surface area (Å²) < 4.78 is 28.6. The van der Waals surface area contributed by atoms with E-state index >= 15 is 0 Å². The Kier molecular flexibility index (Phi) is 8.88. The first-order chi connectivity index (χ1) is 17.2. The number of hydrogen-bond donors (Lipinski definition) is 1. The molecule has 0 spiro atoms. The largest absolute Gasteiger partial charge is 0.357 e. The maximum absolute atomic E-state index is 13.9. The summed E-state index contributed by atoms with van der Waals surface area (Å²) in [5.74, 6) is -0.762. The molecule has 0 heterocycles. The second kappa shape index (κ2) is 11.9. The lowest BCUT2D eigenvalue weighted by atomic mass is 10.1. The zero-order chi connectivity index (χ0) is 26.3. The number of carbonyl (C=O) groups is 2. The lowest BCUT2D eigenvalue weighted by Gasteiger charge is -2.33. The van der Waals surface area contributed by atoms with Gasteiger partial charge in [0.25, 0.3) is 10.0 Å². The third kappa shape index (κ3) is 6.12. The molecule has 8 heteroatoms. The van der Waals surface area contributed by atoms with Crippen molar-refractivity contribution in [3.05, 3.63) is 95.6 Å². The Morgan fingerprint density at radius 2 is 1.58 bits per heavy atom. The fraction of sp³-hybridized carbons (Fsp3) is 0.286. The summed E-state index contributed by atoms with van der Waals surface area (Å²) in [6.07, 6.45) is 0.382. The van der Waals surface area contributed by atoms with Gasteiger partial charge in [0.2, 0.25) is 11.8 Å². The summed E-state index contributed by atoms with van der Waals surface area (Å²) in [6.45, 7) is 5.33. The molecule has 1 N–H and O–H groups in total. The first kappa shape index (κ1) is 26.9. The van der Waals surface area contributed by atoms with Gasteiger partial charge in [0.15, 0.2) is 0 Å². The third-order valence-electron chi connectivity index (χ3n) is 6.06. The van der Waals surface area contributed by atoms with E-state index in [4.69, 9.17) is 0 Å². The zero-order valence-corrected chi connectivity index (χ0v) is 22.0. The van der Waals surface area contributed by atoms with Crippen molar-refractivity contribution in [1.29, 1.82) is 0 Å². The van der Waals surface area contributed by atoms with Crippen molar-refractivity contribution < 1.29 is 18.0 Å². The number of amides is 2. The van der Waals surface area contributed by atoms with Crippen molar-refractivity contribution in [1.82, 2.24) is 10.2 Å². The van der Waals surface area contributed by atoms with Gasteiger partial charge < -0.3 is 10.2 Å². The molecule has 1 unspecified atom stereocenters. The molecule has 0 fully saturated rings. The van der Waals surface area contributed by atoms with E-state index in [1.807, 2.05) is 44.2 Å². The molecule has 1 atom stereocenters. The number of carbonyl (C=O) groups excluding carboxylic acids is 2. The zero-order valence-electron chi connectivity index (χ0n) is 21.1. The van der Waals surface area contributed by atoms with Crippen LogP contribution in [0, 0.1) is 13.8 Å². The van der Waals surface area contributed by atoms with Crippen molar-refractivity contribution in [3.63, 3.8) is 0 Å². The molecule has 190 valence electrons. The van der Waals surface area contributed by atoms with Gasteiger partial charge in [-0.25, -0.2) is 8.42 Å². The minimum atomic E-state index is -4.06. The molecule has 3 aromatic carbocycles. The van der Waals surface area contributed by atoms with Crippen LogP contribution in [0.15, 0.2) is 83.8 Å². The molecule has 2 amide bonds. The van der Waals surface area contributed by atoms with Crippen LogP contribution in [0.4, 0.5) is 5.69 Å². The van der Waals surface area contributed by atoms with E-state index in [1.54, 1.807) is 43.3 Å². The van der Waals surface area contributed by atoms with Gasteiger partial charge in [-0.05, 0) is 49.6 Å². The highest BCUT2D eigenvalue weighted by Crippen LogP contribution is 2.27. The van der Waals surface area contributed by atoms with E-state index in [-0.39, 0.29) is 17.3 Å². The molecular weight excluding hydrogens is 474 g/mol. The van der Waals surface area contributed by atoms with Gasteiger partial charge in [0, 0.05) is 13.6 Å². The molecule has 0 aliphatic carbocycles. The average molecular weight is 508 g/mol. The second-order valence-electron chi connectivity index (χ2n) is 8.66. The summed E-state index contributed by atoms with van der Waals surface area (Å²) in [4.78, 5) is 28.2. The van der Waals surface area contributed by atoms with Gasteiger partial charge in [-0.2, -0.15) is 0 Å². The normalized spacial score (nSPS) is 12.0. The molecule has 3 aromatic rings. The Balaban J connectivity index is 2.06. The number of sulfonamides is 1. The molecule has 7 nitrogen and oxygen atoms in total. The number of nitrogens with one attached hydrogen (secondary N) is 1. The van der Waals surface area contributed by atoms with Crippen molar-refractivity contribution in [3.8, 4) is 0 Å². The topological polar surface area (TPSA) is 86.8 Å². The fourth-order valence-corrected chi connectivity index (χ4v) is 5.67. The van der Waals surface area contributed by atoms with Crippen molar-refractivity contribution in [2.24, 2.45) is 0 Å². The number of likely N-dealkylation sites (N-methyl/N-ethyl adjacent to an activating group) is 1. The van der Waals surface area contributed by atoms with Crippen LogP contribution in [0.2, 0.25) is 0 Å². The van der Waals surface area contributed by atoms with Crippen LogP contribution in [0.3, 0.4) is 0 Å². The van der Waals surface area contributed by atoms with Gasteiger partial charge in [0.05, 0.1) is 10.6 Å². The van der Waals surface area contributed by atoms with E-state index in [2.05, 4.69) is 5.32 Å². The molecule has 0 aliphatic rings. The highest BCUT2D eigenvalue weighted by molar-refractivity contribution is 7.92. The first-order valence-electron chi connectivity index (χ1n) is 11.9. The van der Waals surface area contributed by atoms with E-state index in [0.29, 0.717) is 17.7 Å². The van der Waals surface area contributed by atoms with Crippen LogP contribution in [0.25, 0.3) is 0 Å². The van der Waals surface area contributed by atoms with Crippen LogP contribution < -0.4 is 9.62 Å². The Hall–Kier alpha value is -3.65. The molecule has 0 saturated carbocycles. The molecule has 0 aromatic heterocycles. The summed E-state index contributed by atoms with van der Waals surface area (Å²) in [5, 5.41) is 2.63. The Morgan fingerprint density at radius 1 is 0.917 bits per heavy atom. The van der Waals surface area contributed by atoms with Gasteiger partial charge in [-0.1, -0.05) is 73.2 Å². The van der Waals surface area contributed by atoms with Gasteiger partial charge in [-0.15, -0.1) is 0 Å². The third-order valence-corrected chi connectivity index (χ3v) is 7.84. The van der Waals surface area contributed by atoms with Crippen LogP contribution in [0.1, 0.15) is 30.0 Å². The lowest BCUT2D eigenvalue weighted by molar-refractivity contribution is -0.140. The van der Waals surface area contributed by atoms with Crippen LogP contribution in [-0.4, -0.2) is 44.8 Å². The molecule has 0 saturated heterocycles. The number of para-hydroxylation sites is 1. The van der Waals surface area contributed by atoms with Crippen molar-refractivity contribution in [2.75, 3.05) is 17.9 Å². The predicted molar refractivity (Wildman–Crippen MR) is 142 cm³/mol. The average Bonchev–Trinajstić information content (AvgIpc) is 2.87. The number of benzene rings is 3. The Labute approximate surface area is 213 Å². The smallest absolute Gasteiger partial charge is 0.264 e. The SMILES string of the molecule is CCC(C(=O)NC)N(Cc1cccc(C)c1)C(=O)CN(c1ccccc1C)S(=O)(=O)c1ccccc1. The van der Waals surface area contributed by atoms with Crippen LogP contribution in [0.5, 0.6) is 0 Å². The molecule has 0 bridgehead atoms. The summed E-state index contributed by atoms with van der Waals surface area (Å²) in [7, 11) is -2.53. The molecule has 3 rings (SSSR count). The number of rotatable bonds is 10. The maximum atomic E-state index is 13.9. The van der Waals surface area contributed by atoms with E-state index in [1.165, 1.54) is 24.1 Å². The minimum Gasteiger partial charge on any atom is -0.357 e. The molecule has 0 aliphatic heterocycles. The second-order valence-corrected chi connectivity index (χ2v) is 10.5. The Morgan fingerprint density at radius 3 is 2.19 bits per heavy atom. The van der Waals surface area contributed by atoms with E-state index in [0.717, 1.165) is 15.4 Å². The molecule has 0 radical (unpaired) electrons. The number of nitrogens with zero attached hydrogens (tertiary/aromatic N) is 2. The van der Waals surface area contributed by atoms with E-state index < -0.39 is 28.5 Å². The molecule has 36 heavy (non-hydrogen) atoms. The maximum Gasteiger partial charge on any atom is 0.264 e. The van der Waals surface area contributed by atoms with E-state index in [9.17, 15) is 18.0 Å². The van der Waals surface area contributed by atoms with Gasteiger partial charge in [0.1, 0.15) is 12.6 Å². The minimum absolute atomic E-state index is 0.0876. The van der Waals surface area contributed by atoms with Crippen molar-refractivity contribution >= 4 is 27.5 Å². The van der Waals surface area contributed by atoms with Gasteiger partial charge >= 0.3 is 0 Å². The van der Waals surface area contributed by atoms with Crippen LogP contribution >= 0.6 is 0 Å². The molecular formula is C28H33N3O4S. The number of anilines is 1. The number of aryl methyl sites for hydroxylation is 2. The highest BCUT2D eigenvalue weighted by atomic mass is 32.2.